The lowest BCUT2D eigenvalue weighted by Crippen LogP contribution is -2.12. The molecule has 0 fully saturated rings. The molecule has 0 atom stereocenters. The summed E-state index contributed by atoms with van der Waals surface area (Å²) in [4.78, 5) is 22.1. The van der Waals surface area contributed by atoms with Crippen LogP contribution in [0.5, 0.6) is 0 Å². The summed E-state index contributed by atoms with van der Waals surface area (Å²) in [5, 5.41) is 13.2. The van der Waals surface area contributed by atoms with E-state index >= 15 is 0 Å². The maximum Gasteiger partial charge on any atom is 0.283 e. The molecule has 0 spiro atoms. The number of halogens is 2. The number of nitrogen functional groups attached to an aromatic ring is 1. The Morgan fingerprint density at radius 3 is 2.57 bits per heavy atom. The number of nitrogens with two attached hydrogens (primary N) is 1. The highest BCUT2D eigenvalue weighted by Crippen LogP contribution is 2.28. The normalized spacial score (nSPS) is 10.2. The van der Waals surface area contributed by atoms with Crippen LogP contribution in [0.3, 0.4) is 0 Å². The molecule has 0 radical (unpaired) electrons. The molecule has 2 aromatic carbocycles. The van der Waals surface area contributed by atoms with Gasteiger partial charge in [-0.05, 0) is 46.3 Å². The number of hydrogen-bond acceptors (Lipinski definition) is 4. The van der Waals surface area contributed by atoms with Crippen LogP contribution in [0.15, 0.2) is 40.9 Å². The van der Waals surface area contributed by atoms with E-state index in [9.17, 15) is 19.3 Å². The van der Waals surface area contributed by atoms with E-state index in [1.807, 2.05) is 0 Å². The van der Waals surface area contributed by atoms with E-state index in [0.717, 1.165) is 6.07 Å². The Hall–Kier alpha value is -2.48. The maximum atomic E-state index is 13.3. The number of nitrogens with zero attached hydrogens (tertiary/aromatic N) is 1. The van der Waals surface area contributed by atoms with Gasteiger partial charge >= 0.3 is 0 Å². The average molecular weight is 354 g/mol. The van der Waals surface area contributed by atoms with Gasteiger partial charge in [0.25, 0.3) is 11.6 Å². The molecule has 8 heteroatoms. The van der Waals surface area contributed by atoms with E-state index in [-0.39, 0.29) is 21.4 Å². The van der Waals surface area contributed by atoms with Crippen molar-refractivity contribution in [3.63, 3.8) is 0 Å². The second-order valence-corrected chi connectivity index (χ2v) is 4.97. The van der Waals surface area contributed by atoms with Gasteiger partial charge in [-0.1, -0.05) is 0 Å². The number of benzene rings is 2. The fourth-order valence-corrected chi connectivity index (χ4v) is 2.13. The van der Waals surface area contributed by atoms with Gasteiger partial charge in [-0.2, -0.15) is 0 Å². The number of anilines is 2. The topological polar surface area (TPSA) is 98.3 Å². The smallest absolute Gasteiger partial charge is 0.283 e. The van der Waals surface area contributed by atoms with Crippen molar-refractivity contribution >= 4 is 38.9 Å². The Morgan fingerprint density at radius 1 is 1.29 bits per heavy atom. The van der Waals surface area contributed by atoms with Crippen LogP contribution in [-0.2, 0) is 0 Å². The third kappa shape index (κ3) is 3.34. The molecule has 0 unspecified atom stereocenters. The first kappa shape index (κ1) is 14.9. The van der Waals surface area contributed by atoms with Gasteiger partial charge in [0.05, 0.1) is 15.1 Å². The first-order valence-electron chi connectivity index (χ1n) is 5.69. The summed E-state index contributed by atoms with van der Waals surface area (Å²) in [5.74, 6) is -1.23. The summed E-state index contributed by atoms with van der Waals surface area (Å²) in [6, 6.07) is 7.72. The van der Waals surface area contributed by atoms with Gasteiger partial charge in [0, 0.05) is 17.3 Å². The van der Waals surface area contributed by atoms with Crippen molar-refractivity contribution in [1.82, 2.24) is 0 Å². The average Bonchev–Trinajstić information content (AvgIpc) is 2.41. The van der Waals surface area contributed by atoms with E-state index in [4.69, 9.17) is 5.73 Å². The van der Waals surface area contributed by atoms with Crippen LogP contribution >= 0.6 is 15.9 Å². The third-order valence-electron chi connectivity index (χ3n) is 2.66. The van der Waals surface area contributed by atoms with Crippen molar-refractivity contribution in [2.75, 3.05) is 11.1 Å². The summed E-state index contributed by atoms with van der Waals surface area (Å²) in [6.07, 6.45) is 0. The molecule has 0 aliphatic rings. The summed E-state index contributed by atoms with van der Waals surface area (Å²) in [5.41, 5.74) is 5.60. The molecular formula is C13H9BrFN3O3. The first-order chi connectivity index (χ1) is 9.88. The maximum absolute atomic E-state index is 13.3. The summed E-state index contributed by atoms with van der Waals surface area (Å²) >= 11 is 3.05. The molecule has 21 heavy (non-hydrogen) atoms. The van der Waals surface area contributed by atoms with Gasteiger partial charge in [-0.25, -0.2) is 4.39 Å². The van der Waals surface area contributed by atoms with Crippen LogP contribution in [0.4, 0.5) is 21.5 Å². The van der Waals surface area contributed by atoms with E-state index in [0.29, 0.717) is 5.69 Å². The predicted molar refractivity (Wildman–Crippen MR) is 79.6 cm³/mol. The second-order valence-electron chi connectivity index (χ2n) is 4.11. The van der Waals surface area contributed by atoms with Crippen molar-refractivity contribution in [2.24, 2.45) is 0 Å². The van der Waals surface area contributed by atoms with Crippen LogP contribution in [0.25, 0.3) is 0 Å². The summed E-state index contributed by atoms with van der Waals surface area (Å²) in [6.45, 7) is 0. The highest BCUT2D eigenvalue weighted by molar-refractivity contribution is 9.10. The molecule has 0 aromatic heterocycles. The van der Waals surface area contributed by atoms with Crippen molar-refractivity contribution in [3.05, 3.63) is 62.4 Å². The third-order valence-corrected chi connectivity index (χ3v) is 3.30. The summed E-state index contributed by atoms with van der Waals surface area (Å²) < 4.78 is 13.5. The Labute approximate surface area is 127 Å². The zero-order chi connectivity index (χ0) is 15.6. The number of amides is 1. The number of rotatable bonds is 3. The molecule has 108 valence electrons. The molecular weight excluding hydrogens is 345 g/mol. The van der Waals surface area contributed by atoms with Crippen LogP contribution < -0.4 is 11.1 Å². The Bertz CT molecular complexity index is 737. The Balaban J connectivity index is 2.21. The molecule has 6 nitrogen and oxygen atoms in total. The Morgan fingerprint density at radius 2 is 2.00 bits per heavy atom. The minimum absolute atomic E-state index is 0.0513. The van der Waals surface area contributed by atoms with Crippen LogP contribution in [0, 0.1) is 15.9 Å². The fourth-order valence-electron chi connectivity index (χ4n) is 1.60. The van der Waals surface area contributed by atoms with Gasteiger partial charge in [0.2, 0.25) is 0 Å². The van der Waals surface area contributed by atoms with Crippen LogP contribution in [0.2, 0.25) is 0 Å². The van der Waals surface area contributed by atoms with Crippen LogP contribution in [-0.4, -0.2) is 10.8 Å². The number of carbonyl (C=O) groups is 1. The van der Waals surface area contributed by atoms with E-state index in [1.54, 1.807) is 0 Å². The predicted octanol–water partition coefficient (Wildman–Crippen LogP) is 3.33. The molecule has 3 N–H and O–H groups in total. The van der Waals surface area contributed by atoms with Crippen LogP contribution in [0.1, 0.15) is 10.4 Å². The number of hydrogen-bond donors (Lipinski definition) is 2. The highest BCUT2D eigenvalue weighted by Gasteiger charge is 2.14. The van der Waals surface area contributed by atoms with Gasteiger partial charge in [-0.3, -0.25) is 14.9 Å². The molecule has 0 heterocycles. The number of nitrogens with one attached hydrogen (secondary N) is 1. The largest absolute Gasteiger partial charge is 0.396 e. The molecule has 0 saturated carbocycles. The molecule has 1 amide bonds. The van der Waals surface area contributed by atoms with Gasteiger partial charge in [0.1, 0.15) is 5.82 Å². The first-order valence-corrected chi connectivity index (χ1v) is 6.48. The molecule has 0 aliphatic carbocycles. The van der Waals surface area contributed by atoms with Crippen molar-refractivity contribution in [2.45, 2.75) is 0 Å². The molecule has 0 bridgehead atoms. The lowest BCUT2D eigenvalue weighted by molar-refractivity contribution is -0.385. The van der Waals surface area contributed by atoms with Crippen molar-refractivity contribution in [3.8, 4) is 0 Å². The lowest BCUT2D eigenvalue weighted by Gasteiger charge is -2.07. The minimum atomic E-state index is -0.687. The van der Waals surface area contributed by atoms with Gasteiger partial charge in [-0.15, -0.1) is 0 Å². The SMILES string of the molecule is Nc1ccc(C(=O)Nc2ccc([N+](=O)[O-])c(Br)c2)cc1F. The number of carbonyl (C=O) groups excluding carboxylic acids is 1. The number of nitro benzene ring substituents is 1. The molecule has 0 aliphatic heterocycles. The van der Waals surface area contributed by atoms with Gasteiger partial charge < -0.3 is 11.1 Å². The Kier molecular flexibility index (Phi) is 4.18. The zero-order valence-corrected chi connectivity index (χ0v) is 12.1. The van der Waals surface area contributed by atoms with Crippen molar-refractivity contribution < 1.29 is 14.1 Å². The van der Waals surface area contributed by atoms with Gasteiger partial charge in [0.15, 0.2) is 0 Å². The van der Waals surface area contributed by atoms with E-state index in [2.05, 4.69) is 21.2 Å². The highest BCUT2D eigenvalue weighted by atomic mass is 79.9. The lowest BCUT2D eigenvalue weighted by atomic mass is 10.2. The zero-order valence-electron chi connectivity index (χ0n) is 10.5. The van der Waals surface area contributed by atoms with E-state index < -0.39 is 16.6 Å². The quantitative estimate of drug-likeness (QED) is 0.502. The summed E-state index contributed by atoms with van der Waals surface area (Å²) in [7, 11) is 0. The molecule has 0 saturated heterocycles. The monoisotopic (exact) mass is 353 g/mol. The standard InChI is InChI=1S/C13H9BrFN3O3/c14-9-6-8(2-4-12(9)18(20)21)17-13(19)7-1-3-11(16)10(15)5-7/h1-6H,16H2,(H,17,19). The molecule has 2 aromatic rings. The second kappa shape index (κ2) is 5.88. The fraction of sp³-hybridized carbons (Fsp3) is 0. The number of nitro groups is 1. The molecule has 2 rings (SSSR count). The van der Waals surface area contributed by atoms with Crippen molar-refractivity contribution in [1.29, 1.82) is 0 Å². The minimum Gasteiger partial charge on any atom is -0.396 e. The van der Waals surface area contributed by atoms with E-state index in [1.165, 1.54) is 30.3 Å².